The number of nitrogens with zero attached hydrogens (tertiary/aromatic N) is 2. The summed E-state index contributed by atoms with van der Waals surface area (Å²) < 4.78 is 40.7. The number of hydrogen-bond acceptors (Lipinski definition) is 6. The summed E-state index contributed by atoms with van der Waals surface area (Å²) >= 11 is 1.19. The summed E-state index contributed by atoms with van der Waals surface area (Å²) in [7, 11) is -4.01. The second-order valence-electron chi connectivity index (χ2n) is 7.06. The number of halogens is 1. The van der Waals surface area contributed by atoms with Crippen molar-refractivity contribution in [2.45, 2.75) is 31.7 Å². The van der Waals surface area contributed by atoms with Crippen LogP contribution in [0.4, 0.5) is 9.52 Å². The fourth-order valence-corrected chi connectivity index (χ4v) is 4.71. The van der Waals surface area contributed by atoms with Crippen molar-refractivity contribution in [1.82, 2.24) is 14.9 Å². The first kappa shape index (κ1) is 22.0. The SMILES string of the molecule is Cc1ccc(-c2nnc(NC(=O)C(NS(=O)(=O)c3ccc(F)cc3)C(C)C)s2)cc1. The van der Waals surface area contributed by atoms with E-state index >= 15 is 0 Å². The summed E-state index contributed by atoms with van der Waals surface area (Å²) in [6.07, 6.45) is 0. The van der Waals surface area contributed by atoms with Crippen LogP contribution >= 0.6 is 11.3 Å². The summed E-state index contributed by atoms with van der Waals surface area (Å²) in [6.45, 7) is 5.42. The first-order chi connectivity index (χ1) is 14.2. The molecule has 30 heavy (non-hydrogen) atoms. The molecule has 0 fully saturated rings. The number of benzene rings is 2. The van der Waals surface area contributed by atoms with Gasteiger partial charge in [-0.3, -0.25) is 10.1 Å². The Morgan fingerprint density at radius 1 is 1.03 bits per heavy atom. The predicted octanol–water partition coefficient (Wildman–Crippen LogP) is 3.59. The molecule has 1 unspecified atom stereocenters. The second-order valence-corrected chi connectivity index (χ2v) is 9.76. The summed E-state index contributed by atoms with van der Waals surface area (Å²) in [5, 5.41) is 11.6. The Bertz CT molecular complexity index is 1130. The number of carbonyl (C=O) groups excluding carboxylic acids is 1. The molecule has 0 aliphatic rings. The number of nitrogens with one attached hydrogen (secondary N) is 2. The molecule has 1 aromatic heterocycles. The molecule has 0 saturated carbocycles. The van der Waals surface area contributed by atoms with Gasteiger partial charge in [-0.1, -0.05) is 55.0 Å². The second kappa shape index (κ2) is 8.99. The number of carbonyl (C=O) groups is 1. The highest BCUT2D eigenvalue weighted by Gasteiger charge is 2.29. The van der Waals surface area contributed by atoms with Crippen LogP contribution in [0, 0.1) is 18.7 Å². The number of aromatic nitrogens is 2. The Balaban J connectivity index is 1.74. The van der Waals surface area contributed by atoms with E-state index in [-0.39, 0.29) is 15.9 Å². The fraction of sp³-hybridized carbons (Fsp3) is 0.250. The molecule has 2 N–H and O–H groups in total. The molecule has 0 spiro atoms. The Hall–Kier alpha value is -2.69. The molecular weight excluding hydrogens is 427 g/mol. The van der Waals surface area contributed by atoms with Crippen molar-refractivity contribution < 1.29 is 17.6 Å². The predicted molar refractivity (Wildman–Crippen MR) is 114 cm³/mol. The van der Waals surface area contributed by atoms with Gasteiger partial charge in [-0.15, -0.1) is 10.2 Å². The molecule has 1 heterocycles. The third-order valence-electron chi connectivity index (χ3n) is 4.31. The van der Waals surface area contributed by atoms with Gasteiger partial charge in [-0.05, 0) is 37.1 Å². The molecule has 0 aliphatic carbocycles. The van der Waals surface area contributed by atoms with Crippen LogP contribution in [0.25, 0.3) is 10.6 Å². The van der Waals surface area contributed by atoms with Crippen LogP contribution in [-0.2, 0) is 14.8 Å². The lowest BCUT2D eigenvalue weighted by Gasteiger charge is -2.20. The standard InChI is InChI=1S/C20H21FN4O3S2/c1-12(2)17(25-30(27,28)16-10-8-15(21)9-11-16)18(26)22-20-24-23-19(29-20)14-6-4-13(3)5-7-14/h4-12,17,25H,1-3H3,(H,22,24,26). The highest BCUT2D eigenvalue weighted by atomic mass is 32.2. The smallest absolute Gasteiger partial charge is 0.244 e. The minimum Gasteiger partial charge on any atom is -0.299 e. The van der Waals surface area contributed by atoms with Gasteiger partial charge in [0.05, 0.1) is 4.90 Å². The van der Waals surface area contributed by atoms with Gasteiger partial charge >= 0.3 is 0 Å². The maximum atomic E-state index is 13.1. The molecule has 1 atom stereocenters. The number of anilines is 1. The van der Waals surface area contributed by atoms with E-state index < -0.39 is 27.8 Å². The number of aryl methyl sites for hydroxylation is 1. The third kappa shape index (κ3) is 5.26. The summed E-state index contributed by atoms with van der Waals surface area (Å²) in [5.74, 6) is -1.44. The lowest BCUT2D eigenvalue weighted by atomic mass is 10.1. The van der Waals surface area contributed by atoms with E-state index in [1.54, 1.807) is 13.8 Å². The molecule has 2 aromatic carbocycles. The third-order valence-corrected chi connectivity index (χ3v) is 6.65. The van der Waals surface area contributed by atoms with E-state index in [2.05, 4.69) is 20.2 Å². The highest BCUT2D eigenvalue weighted by molar-refractivity contribution is 7.89. The lowest BCUT2D eigenvalue weighted by molar-refractivity contribution is -0.118. The van der Waals surface area contributed by atoms with Crippen LogP contribution in [0.1, 0.15) is 19.4 Å². The number of sulfonamides is 1. The Kier molecular flexibility index (Phi) is 6.59. The van der Waals surface area contributed by atoms with Gasteiger partial charge in [-0.25, -0.2) is 12.8 Å². The monoisotopic (exact) mass is 448 g/mol. The van der Waals surface area contributed by atoms with Crippen LogP contribution in [0.5, 0.6) is 0 Å². The molecule has 0 aliphatic heterocycles. The largest absolute Gasteiger partial charge is 0.299 e. The van der Waals surface area contributed by atoms with Crippen molar-refractivity contribution in [2.24, 2.45) is 5.92 Å². The molecule has 0 saturated heterocycles. The van der Waals surface area contributed by atoms with E-state index in [4.69, 9.17) is 0 Å². The van der Waals surface area contributed by atoms with Gasteiger partial charge in [0, 0.05) is 5.56 Å². The van der Waals surface area contributed by atoms with Gasteiger partial charge in [0.1, 0.15) is 16.9 Å². The molecular formula is C20H21FN4O3S2. The first-order valence-electron chi connectivity index (χ1n) is 9.15. The Labute approximate surface area is 178 Å². The molecule has 7 nitrogen and oxygen atoms in total. The van der Waals surface area contributed by atoms with E-state index in [9.17, 15) is 17.6 Å². The zero-order chi connectivity index (χ0) is 21.9. The van der Waals surface area contributed by atoms with Crippen LogP contribution in [0.2, 0.25) is 0 Å². The number of hydrogen-bond donors (Lipinski definition) is 2. The van der Waals surface area contributed by atoms with Crippen molar-refractivity contribution in [2.75, 3.05) is 5.32 Å². The van der Waals surface area contributed by atoms with E-state index in [0.29, 0.717) is 5.01 Å². The van der Waals surface area contributed by atoms with Crippen LogP contribution in [0.15, 0.2) is 53.4 Å². The normalized spacial score (nSPS) is 12.7. The van der Waals surface area contributed by atoms with Gasteiger partial charge in [0.25, 0.3) is 0 Å². The van der Waals surface area contributed by atoms with Crippen LogP contribution in [-0.4, -0.2) is 30.6 Å². The molecule has 1 amide bonds. The topological polar surface area (TPSA) is 101 Å². The minimum absolute atomic E-state index is 0.125. The Morgan fingerprint density at radius 2 is 1.67 bits per heavy atom. The average Bonchev–Trinajstić information content (AvgIpc) is 3.15. The molecule has 10 heteroatoms. The van der Waals surface area contributed by atoms with Gasteiger partial charge in [0.2, 0.25) is 21.1 Å². The zero-order valence-electron chi connectivity index (χ0n) is 16.6. The number of rotatable bonds is 7. The summed E-state index contributed by atoms with van der Waals surface area (Å²) in [5.41, 5.74) is 1.99. The van der Waals surface area contributed by atoms with Crippen molar-refractivity contribution >= 4 is 32.4 Å². The van der Waals surface area contributed by atoms with Gasteiger partial charge in [-0.2, -0.15) is 4.72 Å². The van der Waals surface area contributed by atoms with Gasteiger partial charge in [0.15, 0.2) is 0 Å². The molecule has 3 rings (SSSR count). The fourth-order valence-electron chi connectivity index (χ4n) is 2.61. The Morgan fingerprint density at radius 3 is 2.27 bits per heavy atom. The van der Waals surface area contributed by atoms with Crippen molar-refractivity contribution in [3.63, 3.8) is 0 Å². The van der Waals surface area contributed by atoms with Crippen LogP contribution in [0.3, 0.4) is 0 Å². The first-order valence-corrected chi connectivity index (χ1v) is 11.4. The van der Waals surface area contributed by atoms with Crippen molar-refractivity contribution in [3.8, 4) is 10.6 Å². The maximum absolute atomic E-state index is 13.1. The average molecular weight is 449 g/mol. The van der Waals surface area contributed by atoms with E-state index in [0.717, 1.165) is 35.4 Å². The maximum Gasteiger partial charge on any atom is 0.244 e. The molecule has 3 aromatic rings. The number of amides is 1. The van der Waals surface area contributed by atoms with Crippen molar-refractivity contribution in [3.05, 3.63) is 59.9 Å². The van der Waals surface area contributed by atoms with E-state index in [1.807, 2.05) is 31.2 Å². The lowest BCUT2D eigenvalue weighted by Crippen LogP contribution is -2.47. The van der Waals surface area contributed by atoms with E-state index in [1.165, 1.54) is 11.3 Å². The molecule has 158 valence electrons. The quantitative estimate of drug-likeness (QED) is 0.575. The zero-order valence-corrected chi connectivity index (χ0v) is 18.2. The van der Waals surface area contributed by atoms with Crippen molar-refractivity contribution in [1.29, 1.82) is 0 Å². The molecule has 0 bridgehead atoms. The summed E-state index contributed by atoms with van der Waals surface area (Å²) in [6, 6.07) is 11.1. The summed E-state index contributed by atoms with van der Waals surface area (Å²) in [4.78, 5) is 12.6. The highest BCUT2D eigenvalue weighted by Crippen LogP contribution is 2.26. The van der Waals surface area contributed by atoms with Crippen LogP contribution < -0.4 is 10.0 Å². The molecule has 0 radical (unpaired) electrons. The van der Waals surface area contributed by atoms with Gasteiger partial charge < -0.3 is 0 Å². The minimum atomic E-state index is -4.01.